The molecule has 1 aromatic heterocycles. The van der Waals surface area contributed by atoms with Crippen molar-refractivity contribution in [3.05, 3.63) is 18.0 Å². The van der Waals surface area contributed by atoms with Gasteiger partial charge in [0.25, 0.3) is 0 Å². The summed E-state index contributed by atoms with van der Waals surface area (Å²) >= 11 is 1.66. The van der Waals surface area contributed by atoms with Crippen molar-refractivity contribution in [3.8, 4) is 6.07 Å². The molecule has 0 saturated carbocycles. The average Bonchev–Trinajstić information content (AvgIpc) is 2.81. The Bertz CT molecular complexity index is 391. The molecule has 2 heterocycles. The Morgan fingerprint density at radius 2 is 2.20 bits per heavy atom. The maximum absolute atomic E-state index is 9.00. The van der Waals surface area contributed by atoms with Gasteiger partial charge in [0, 0.05) is 24.2 Å². The normalized spacial score (nSPS) is 15.3. The maximum Gasteiger partial charge on any atom is 0.163 e. The highest BCUT2D eigenvalue weighted by Crippen LogP contribution is 2.26. The first kappa shape index (κ1) is 10.3. The first-order chi connectivity index (χ1) is 7.35. The number of hydrogen-bond donors (Lipinski definition) is 0. The van der Waals surface area contributed by atoms with E-state index in [1.165, 1.54) is 12.8 Å². The van der Waals surface area contributed by atoms with E-state index in [4.69, 9.17) is 5.26 Å². The van der Waals surface area contributed by atoms with E-state index in [0.29, 0.717) is 5.69 Å². The zero-order valence-electron chi connectivity index (χ0n) is 8.73. The van der Waals surface area contributed by atoms with Crippen molar-refractivity contribution in [3.63, 3.8) is 0 Å². The third kappa shape index (κ3) is 2.07. The second-order valence-corrected chi connectivity index (χ2v) is 4.43. The summed E-state index contributed by atoms with van der Waals surface area (Å²) in [5, 5.41) is 9.00. The highest BCUT2D eigenvalue weighted by Gasteiger charge is 2.16. The van der Waals surface area contributed by atoms with Crippen molar-refractivity contribution in [1.82, 2.24) is 4.98 Å². The van der Waals surface area contributed by atoms with E-state index in [9.17, 15) is 0 Å². The van der Waals surface area contributed by atoms with Gasteiger partial charge in [0.2, 0.25) is 0 Å². The van der Waals surface area contributed by atoms with Crippen LogP contribution in [0.4, 0.5) is 5.69 Å². The summed E-state index contributed by atoms with van der Waals surface area (Å²) in [7, 11) is 0. The molecule has 0 N–H and O–H groups in total. The third-order valence-electron chi connectivity index (χ3n) is 2.63. The Labute approximate surface area is 94.1 Å². The van der Waals surface area contributed by atoms with Gasteiger partial charge in [-0.2, -0.15) is 5.26 Å². The minimum absolute atomic E-state index is 0.551. The number of nitriles is 1. The molecule has 0 amide bonds. The maximum atomic E-state index is 9.00. The number of thioether (sulfide) groups is 1. The van der Waals surface area contributed by atoms with Gasteiger partial charge >= 0.3 is 0 Å². The van der Waals surface area contributed by atoms with Gasteiger partial charge in [-0.1, -0.05) is 0 Å². The van der Waals surface area contributed by atoms with Gasteiger partial charge in [-0.15, -0.1) is 11.8 Å². The molecule has 4 heteroatoms. The number of rotatable bonds is 2. The van der Waals surface area contributed by atoms with E-state index in [-0.39, 0.29) is 0 Å². The topological polar surface area (TPSA) is 39.9 Å². The molecule has 0 unspecified atom stereocenters. The SMILES string of the molecule is CSc1cnc(C#N)c(N2CCCC2)c1. The number of pyridine rings is 1. The van der Waals surface area contributed by atoms with Crippen LogP contribution in [-0.4, -0.2) is 24.3 Å². The second kappa shape index (κ2) is 4.54. The van der Waals surface area contributed by atoms with Gasteiger partial charge in [-0.3, -0.25) is 0 Å². The first-order valence-corrected chi connectivity index (χ1v) is 6.26. The van der Waals surface area contributed by atoms with Gasteiger partial charge in [0.1, 0.15) is 6.07 Å². The Morgan fingerprint density at radius 1 is 1.47 bits per heavy atom. The lowest BCUT2D eigenvalue weighted by Gasteiger charge is -2.18. The molecule has 0 spiro atoms. The molecule has 1 aromatic rings. The second-order valence-electron chi connectivity index (χ2n) is 3.55. The lowest BCUT2D eigenvalue weighted by Crippen LogP contribution is -2.19. The molecule has 15 heavy (non-hydrogen) atoms. The molecule has 1 aliphatic rings. The molecular weight excluding hydrogens is 206 g/mol. The zero-order chi connectivity index (χ0) is 10.7. The van der Waals surface area contributed by atoms with Gasteiger partial charge in [-0.05, 0) is 25.2 Å². The van der Waals surface area contributed by atoms with Crippen molar-refractivity contribution in [1.29, 1.82) is 5.26 Å². The molecule has 0 atom stereocenters. The highest BCUT2D eigenvalue weighted by molar-refractivity contribution is 7.98. The minimum atomic E-state index is 0.551. The molecule has 0 radical (unpaired) electrons. The summed E-state index contributed by atoms with van der Waals surface area (Å²) in [6, 6.07) is 4.23. The van der Waals surface area contributed by atoms with Crippen molar-refractivity contribution >= 4 is 17.4 Å². The fourth-order valence-corrected chi connectivity index (χ4v) is 2.22. The summed E-state index contributed by atoms with van der Waals surface area (Å²) in [4.78, 5) is 7.57. The van der Waals surface area contributed by atoms with Crippen LogP contribution < -0.4 is 4.90 Å². The fraction of sp³-hybridized carbons (Fsp3) is 0.455. The summed E-state index contributed by atoms with van der Waals surface area (Å²) in [6.45, 7) is 2.10. The summed E-state index contributed by atoms with van der Waals surface area (Å²) in [5.41, 5.74) is 1.55. The van der Waals surface area contributed by atoms with E-state index >= 15 is 0 Å². The van der Waals surface area contributed by atoms with Crippen LogP contribution in [-0.2, 0) is 0 Å². The molecule has 3 nitrogen and oxygen atoms in total. The zero-order valence-corrected chi connectivity index (χ0v) is 9.55. The standard InChI is InChI=1S/C11H13N3S/c1-15-9-6-11(10(7-12)13-8-9)14-4-2-3-5-14/h6,8H,2-5H2,1H3. The third-order valence-corrected chi connectivity index (χ3v) is 3.33. The molecular formula is C11H13N3S. The average molecular weight is 219 g/mol. The van der Waals surface area contributed by atoms with Crippen LogP contribution in [0.1, 0.15) is 18.5 Å². The molecule has 0 aliphatic carbocycles. The van der Waals surface area contributed by atoms with E-state index in [1.54, 1.807) is 18.0 Å². The molecule has 78 valence electrons. The molecule has 1 aliphatic heterocycles. The van der Waals surface area contributed by atoms with Crippen LogP contribution in [0.3, 0.4) is 0 Å². The number of anilines is 1. The molecule has 0 bridgehead atoms. The summed E-state index contributed by atoms with van der Waals surface area (Å²) in [5.74, 6) is 0. The Hall–Kier alpha value is -1.21. The molecule has 1 fully saturated rings. The smallest absolute Gasteiger partial charge is 0.163 e. The van der Waals surface area contributed by atoms with Crippen LogP contribution in [0.5, 0.6) is 0 Å². The predicted octanol–water partition coefficient (Wildman–Crippen LogP) is 2.28. The Kier molecular flexibility index (Phi) is 3.12. The van der Waals surface area contributed by atoms with Crippen LogP contribution in [0.2, 0.25) is 0 Å². The van der Waals surface area contributed by atoms with Crippen molar-refractivity contribution < 1.29 is 0 Å². The minimum Gasteiger partial charge on any atom is -0.369 e. The van der Waals surface area contributed by atoms with Crippen LogP contribution >= 0.6 is 11.8 Å². The monoisotopic (exact) mass is 219 g/mol. The molecule has 0 aromatic carbocycles. The van der Waals surface area contributed by atoms with Crippen molar-refractivity contribution in [2.24, 2.45) is 0 Å². The van der Waals surface area contributed by atoms with Crippen molar-refractivity contribution in [2.45, 2.75) is 17.7 Å². The van der Waals surface area contributed by atoms with E-state index < -0.39 is 0 Å². The van der Waals surface area contributed by atoms with Crippen LogP contribution in [0.15, 0.2) is 17.2 Å². The Balaban J connectivity index is 2.37. The van der Waals surface area contributed by atoms with Crippen LogP contribution in [0, 0.1) is 11.3 Å². The number of hydrogen-bond acceptors (Lipinski definition) is 4. The van der Waals surface area contributed by atoms with E-state index in [1.807, 2.05) is 6.26 Å². The summed E-state index contributed by atoms with van der Waals surface area (Å²) in [6.07, 6.45) is 6.22. The lowest BCUT2D eigenvalue weighted by atomic mass is 10.3. The van der Waals surface area contributed by atoms with Gasteiger partial charge < -0.3 is 4.90 Å². The molecule has 2 rings (SSSR count). The van der Waals surface area contributed by atoms with Gasteiger partial charge in [0.05, 0.1) is 5.69 Å². The number of nitrogens with zero attached hydrogens (tertiary/aromatic N) is 3. The van der Waals surface area contributed by atoms with Crippen molar-refractivity contribution in [2.75, 3.05) is 24.2 Å². The summed E-state index contributed by atoms with van der Waals surface area (Å²) < 4.78 is 0. The van der Waals surface area contributed by atoms with Gasteiger partial charge in [0.15, 0.2) is 5.69 Å². The van der Waals surface area contributed by atoms with E-state index in [0.717, 1.165) is 23.7 Å². The largest absolute Gasteiger partial charge is 0.369 e. The first-order valence-electron chi connectivity index (χ1n) is 5.04. The van der Waals surface area contributed by atoms with Gasteiger partial charge in [-0.25, -0.2) is 4.98 Å². The lowest BCUT2D eigenvalue weighted by molar-refractivity contribution is 0.949. The molecule has 1 saturated heterocycles. The quantitative estimate of drug-likeness (QED) is 0.715. The van der Waals surface area contributed by atoms with E-state index in [2.05, 4.69) is 22.0 Å². The Morgan fingerprint density at radius 3 is 2.80 bits per heavy atom. The van der Waals surface area contributed by atoms with Crippen LogP contribution in [0.25, 0.3) is 0 Å². The highest BCUT2D eigenvalue weighted by atomic mass is 32.2. The predicted molar refractivity (Wildman–Crippen MR) is 62.2 cm³/mol. The fourth-order valence-electron chi connectivity index (χ4n) is 1.83. The number of aromatic nitrogens is 1.